The summed E-state index contributed by atoms with van der Waals surface area (Å²) in [5.41, 5.74) is 1.22. The highest BCUT2D eigenvalue weighted by Gasteiger charge is 2.05. The summed E-state index contributed by atoms with van der Waals surface area (Å²) < 4.78 is 38.7. The van der Waals surface area contributed by atoms with Crippen LogP contribution in [-0.4, -0.2) is 26.7 Å². The zero-order valence-corrected chi connectivity index (χ0v) is 13.7. The van der Waals surface area contributed by atoms with E-state index in [2.05, 4.69) is 10.1 Å². The van der Waals surface area contributed by atoms with E-state index >= 15 is 0 Å². The molecule has 0 bridgehead atoms. The first-order chi connectivity index (χ1) is 12.0. The zero-order chi connectivity index (χ0) is 18.2. The van der Waals surface area contributed by atoms with Gasteiger partial charge < -0.3 is 19.5 Å². The van der Waals surface area contributed by atoms with E-state index in [0.29, 0.717) is 17.2 Å². The first-order valence-electron chi connectivity index (χ1n) is 7.28. The van der Waals surface area contributed by atoms with Gasteiger partial charge in [0.1, 0.15) is 5.75 Å². The minimum atomic E-state index is -2.88. The van der Waals surface area contributed by atoms with E-state index in [0.717, 1.165) is 5.56 Å². The molecule has 0 saturated carbocycles. The van der Waals surface area contributed by atoms with Gasteiger partial charge in [0, 0.05) is 11.8 Å². The predicted molar refractivity (Wildman–Crippen MR) is 90.3 cm³/mol. The van der Waals surface area contributed by atoms with Gasteiger partial charge in [-0.2, -0.15) is 8.78 Å². The van der Waals surface area contributed by atoms with Crippen molar-refractivity contribution in [3.63, 3.8) is 0 Å². The van der Waals surface area contributed by atoms with E-state index in [1.807, 2.05) is 0 Å². The maximum absolute atomic E-state index is 12.1. The van der Waals surface area contributed by atoms with Gasteiger partial charge in [0.25, 0.3) is 0 Å². The number of alkyl halides is 2. The molecule has 0 saturated heterocycles. The van der Waals surface area contributed by atoms with Crippen LogP contribution in [0.4, 0.5) is 14.5 Å². The lowest BCUT2D eigenvalue weighted by Gasteiger charge is -2.08. The number of carbonyl (C=O) groups excluding carboxylic acids is 1. The molecule has 0 unspecified atom stereocenters. The summed E-state index contributed by atoms with van der Waals surface area (Å²) in [5.74, 6) is 0.807. The summed E-state index contributed by atoms with van der Waals surface area (Å²) in [6, 6.07) is 10.9. The van der Waals surface area contributed by atoms with Crippen LogP contribution in [0.15, 0.2) is 48.5 Å². The minimum absolute atomic E-state index is 0.0221. The molecule has 0 fully saturated rings. The van der Waals surface area contributed by atoms with Crippen molar-refractivity contribution in [1.82, 2.24) is 0 Å². The molecule has 1 N–H and O–H groups in total. The van der Waals surface area contributed by atoms with Crippen LogP contribution in [0, 0.1) is 0 Å². The molecule has 7 heteroatoms. The molecule has 0 heterocycles. The maximum Gasteiger partial charge on any atom is 0.387 e. The van der Waals surface area contributed by atoms with E-state index in [1.165, 1.54) is 37.5 Å². The van der Waals surface area contributed by atoms with Gasteiger partial charge in [-0.25, -0.2) is 0 Å². The number of amides is 1. The quantitative estimate of drug-likeness (QED) is 0.769. The average Bonchev–Trinajstić information content (AvgIpc) is 2.61. The van der Waals surface area contributed by atoms with Gasteiger partial charge in [-0.3, -0.25) is 4.79 Å². The molecule has 0 spiro atoms. The predicted octanol–water partition coefficient (Wildman–Crippen LogP) is 3.96. The van der Waals surface area contributed by atoms with Gasteiger partial charge in [0.2, 0.25) is 5.91 Å². The molecule has 0 aliphatic carbocycles. The van der Waals surface area contributed by atoms with Crippen LogP contribution in [0.2, 0.25) is 0 Å². The van der Waals surface area contributed by atoms with Crippen molar-refractivity contribution in [3.05, 3.63) is 54.1 Å². The van der Waals surface area contributed by atoms with Crippen LogP contribution in [0.3, 0.4) is 0 Å². The number of ether oxygens (including phenoxy) is 3. The van der Waals surface area contributed by atoms with Gasteiger partial charge in [-0.05, 0) is 48.0 Å². The molecule has 0 radical (unpaired) electrons. The second-order valence-electron chi connectivity index (χ2n) is 4.84. The van der Waals surface area contributed by atoms with Crippen molar-refractivity contribution < 1.29 is 27.8 Å². The molecule has 2 aromatic rings. The van der Waals surface area contributed by atoms with E-state index in [1.54, 1.807) is 31.4 Å². The van der Waals surface area contributed by atoms with Crippen molar-refractivity contribution in [2.75, 3.05) is 19.5 Å². The summed E-state index contributed by atoms with van der Waals surface area (Å²) >= 11 is 0. The second kappa shape index (κ2) is 8.68. The Morgan fingerprint density at radius 3 is 2.32 bits per heavy atom. The van der Waals surface area contributed by atoms with E-state index in [9.17, 15) is 13.6 Å². The fourth-order valence-electron chi connectivity index (χ4n) is 2.03. The Hall–Kier alpha value is -3.09. The molecule has 5 nitrogen and oxygen atoms in total. The standard InChI is InChI=1S/C18H17F2NO4/c1-23-15-9-3-12(11-16(15)24-2)4-10-17(22)21-13-5-7-14(8-6-13)25-18(19)20/h3-11,18H,1-2H3,(H,21,22)/b10-4+. The van der Waals surface area contributed by atoms with Crippen molar-refractivity contribution in [2.24, 2.45) is 0 Å². The Labute approximate surface area is 143 Å². The van der Waals surface area contributed by atoms with Crippen LogP contribution < -0.4 is 19.5 Å². The lowest BCUT2D eigenvalue weighted by molar-refractivity contribution is -0.111. The van der Waals surface area contributed by atoms with Gasteiger partial charge in [0.15, 0.2) is 11.5 Å². The second-order valence-corrected chi connectivity index (χ2v) is 4.84. The molecule has 0 atom stereocenters. The number of rotatable bonds is 7. The van der Waals surface area contributed by atoms with Gasteiger partial charge in [-0.15, -0.1) is 0 Å². The summed E-state index contributed by atoms with van der Waals surface area (Å²) in [4.78, 5) is 11.9. The Bertz CT molecular complexity index is 745. The summed E-state index contributed by atoms with van der Waals surface area (Å²) in [7, 11) is 3.07. The molecular formula is C18H17F2NO4. The van der Waals surface area contributed by atoms with Crippen molar-refractivity contribution >= 4 is 17.7 Å². The Morgan fingerprint density at radius 2 is 1.72 bits per heavy atom. The third kappa shape index (κ3) is 5.49. The summed E-state index contributed by atoms with van der Waals surface area (Å²) in [5, 5.41) is 2.62. The van der Waals surface area contributed by atoms with Crippen molar-refractivity contribution in [1.29, 1.82) is 0 Å². The van der Waals surface area contributed by atoms with Crippen LogP contribution >= 0.6 is 0 Å². The van der Waals surface area contributed by atoms with Gasteiger partial charge >= 0.3 is 6.61 Å². The molecule has 0 aromatic heterocycles. The molecule has 0 aliphatic rings. The number of hydrogen-bond acceptors (Lipinski definition) is 4. The number of benzene rings is 2. The van der Waals surface area contributed by atoms with Crippen LogP contribution in [0.25, 0.3) is 6.08 Å². The zero-order valence-electron chi connectivity index (χ0n) is 13.7. The monoisotopic (exact) mass is 349 g/mol. The average molecular weight is 349 g/mol. The lowest BCUT2D eigenvalue weighted by atomic mass is 10.2. The fraction of sp³-hybridized carbons (Fsp3) is 0.167. The minimum Gasteiger partial charge on any atom is -0.493 e. The highest BCUT2D eigenvalue weighted by atomic mass is 19.3. The molecule has 132 valence electrons. The largest absolute Gasteiger partial charge is 0.493 e. The molecule has 2 aromatic carbocycles. The Kier molecular flexibility index (Phi) is 6.33. The first kappa shape index (κ1) is 18.3. The SMILES string of the molecule is COc1ccc(/C=C/C(=O)Nc2ccc(OC(F)F)cc2)cc1OC. The number of methoxy groups -OCH3 is 2. The number of nitrogens with one attached hydrogen (secondary N) is 1. The summed E-state index contributed by atoms with van der Waals surface area (Å²) in [6.45, 7) is -2.88. The molecular weight excluding hydrogens is 332 g/mol. The van der Waals surface area contributed by atoms with Crippen LogP contribution in [-0.2, 0) is 4.79 Å². The number of anilines is 1. The number of carbonyl (C=O) groups is 1. The van der Waals surface area contributed by atoms with Crippen molar-refractivity contribution in [2.45, 2.75) is 6.61 Å². The third-order valence-electron chi connectivity index (χ3n) is 3.18. The van der Waals surface area contributed by atoms with E-state index in [4.69, 9.17) is 9.47 Å². The van der Waals surface area contributed by atoms with Gasteiger partial charge in [0.05, 0.1) is 14.2 Å². The molecule has 0 aliphatic heterocycles. The van der Waals surface area contributed by atoms with Crippen LogP contribution in [0.1, 0.15) is 5.56 Å². The Morgan fingerprint density at radius 1 is 1.04 bits per heavy atom. The maximum atomic E-state index is 12.1. The molecule has 25 heavy (non-hydrogen) atoms. The highest BCUT2D eigenvalue weighted by molar-refractivity contribution is 6.01. The summed E-state index contributed by atoms with van der Waals surface area (Å²) in [6.07, 6.45) is 2.97. The third-order valence-corrected chi connectivity index (χ3v) is 3.18. The van der Waals surface area contributed by atoms with E-state index < -0.39 is 6.61 Å². The molecule has 2 rings (SSSR count). The molecule has 1 amide bonds. The van der Waals surface area contributed by atoms with Crippen molar-refractivity contribution in [3.8, 4) is 17.2 Å². The topological polar surface area (TPSA) is 56.8 Å². The van der Waals surface area contributed by atoms with Crippen LogP contribution in [0.5, 0.6) is 17.2 Å². The first-order valence-corrected chi connectivity index (χ1v) is 7.28. The van der Waals surface area contributed by atoms with Gasteiger partial charge in [-0.1, -0.05) is 6.07 Å². The normalized spacial score (nSPS) is 10.8. The lowest BCUT2D eigenvalue weighted by Crippen LogP contribution is -2.08. The Balaban J connectivity index is 1.98. The smallest absolute Gasteiger partial charge is 0.387 e. The fourth-order valence-corrected chi connectivity index (χ4v) is 2.03. The number of hydrogen-bond donors (Lipinski definition) is 1. The number of halogens is 2. The van der Waals surface area contributed by atoms with E-state index in [-0.39, 0.29) is 11.7 Å². The highest BCUT2D eigenvalue weighted by Crippen LogP contribution is 2.28.